The molecule has 2 heteroatoms. The van der Waals surface area contributed by atoms with Gasteiger partial charge in [0.05, 0.1) is 6.61 Å². The molecule has 0 aliphatic heterocycles. The van der Waals surface area contributed by atoms with Crippen LogP contribution in [0.4, 0.5) is 0 Å². The topological polar surface area (TPSA) is 35.2 Å². The molecule has 0 atom stereocenters. The van der Waals surface area contributed by atoms with E-state index in [1.54, 1.807) is 0 Å². The minimum absolute atomic E-state index is 0.559. The summed E-state index contributed by atoms with van der Waals surface area (Å²) in [6.45, 7) is 1.33. The Balaban J connectivity index is 2.11. The molecule has 1 aromatic rings. The van der Waals surface area contributed by atoms with Crippen LogP contribution in [0.3, 0.4) is 0 Å². The lowest BCUT2D eigenvalue weighted by Crippen LogP contribution is -2.00. The molecule has 0 aliphatic rings. The van der Waals surface area contributed by atoms with E-state index in [9.17, 15) is 0 Å². The fraction of sp³-hybridized carbons (Fsp3) is 0.467. The van der Waals surface area contributed by atoms with E-state index in [4.69, 9.17) is 16.9 Å². The third-order valence-corrected chi connectivity index (χ3v) is 2.62. The maximum absolute atomic E-state index is 5.66. The zero-order valence-electron chi connectivity index (χ0n) is 10.3. The van der Waals surface area contributed by atoms with Crippen LogP contribution in [0.25, 0.3) is 0 Å². The van der Waals surface area contributed by atoms with Crippen molar-refractivity contribution in [3.8, 4) is 18.1 Å². The predicted octanol–water partition coefficient (Wildman–Crippen LogP) is 3.11. The molecule has 0 aliphatic carbocycles. The van der Waals surface area contributed by atoms with Crippen LogP contribution in [0.1, 0.15) is 37.7 Å². The summed E-state index contributed by atoms with van der Waals surface area (Å²) in [6.07, 6.45) is 10.7. The van der Waals surface area contributed by atoms with Crippen molar-refractivity contribution in [3.05, 3.63) is 29.8 Å². The summed E-state index contributed by atoms with van der Waals surface area (Å²) < 4.78 is 5.66. The molecule has 2 nitrogen and oxygen atoms in total. The molecule has 2 N–H and O–H groups in total. The fourth-order valence-electron chi connectivity index (χ4n) is 1.63. The number of ether oxygens (including phenoxy) is 1. The van der Waals surface area contributed by atoms with E-state index in [2.05, 4.69) is 5.92 Å². The first-order valence-electron chi connectivity index (χ1n) is 6.22. The molecular weight excluding hydrogens is 210 g/mol. The highest BCUT2D eigenvalue weighted by atomic mass is 16.5. The van der Waals surface area contributed by atoms with E-state index >= 15 is 0 Å². The lowest BCUT2D eigenvalue weighted by molar-refractivity contribution is 0.304. The van der Waals surface area contributed by atoms with E-state index in [-0.39, 0.29) is 0 Å². The largest absolute Gasteiger partial charge is 0.494 e. The summed E-state index contributed by atoms with van der Waals surface area (Å²) in [5, 5.41) is 0. The number of hydrogen-bond donors (Lipinski definition) is 1. The van der Waals surface area contributed by atoms with Gasteiger partial charge in [-0.15, -0.1) is 12.3 Å². The molecule has 92 valence electrons. The van der Waals surface area contributed by atoms with Crippen molar-refractivity contribution < 1.29 is 4.74 Å². The van der Waals surface area contributed by atoms with E-state index in [1.165, 1.54) is 12.8 Å². The molecule has 1 aromatic carbocycles. The average Bonchev–Trinajstić information content (AvgIpc) is 2.38. The van der Waals surface area contributed by atoms with Crippen molar-refractivity contribution in [1.82, 2.24) is 0 Å². The summed E-state index contributed by atoms with van der Waals surface area (Å²) in [6, 6.07) is 7.95. The number of hydrogen-bond acceptors (Lipinski definition) is 2. The third kappa shape index (κ3) is 5.99. The predicted molar refractivity (Wildman–Crippen MR) is 71.7 cm³/mol. The second kappa shape index (κ2) is 8.66. The average molecular weight is 231 g/mol. The highest BCUT2D eigenvalue weighted by Crippen LogP contribution is 2.13. The van der Waals surface area contributed by atoms with Gasteiger partial charge in [-0.2, -0.15) is 0 Å². The van der Waals surface area contributed by atoms with Crippen LogP contribution >= 0.6 is 0 Å². The molecule has 0 fully saturated rings. The Hall–Kier alpha value is -1.46. The van der Waals surface area contributed by atoms with Gasteiger partial charge in [-0.25, -0.2) is 0 Å². The molecule has 17 heavy (non-hydrogen) atoms. The summed E-state index contributed by atoms with van der Waals surface area (Å²) in [5.74, 6) is 3.57. The van der Waals surface area contributed by atoms with E-state index in [0.29, 0.717) is 6.54 Å². The first kappa shape index (κ1) is 13.6. The third-order valence-electron chi connectivity index (χ3n) is 2.62. The number of benzene rings is 1. The maximum Gasteiger partial charge on any atom is 0.119 e. The molecule has 0 aromatic heterocycles. The Morgan fingerprint density at radius 2 is 2.00 bits per heavy atom. The first-order chi connectivity index (χ1) is 8.36. The minimum Gasteiger partial charge on any atom is -0.494 e. The van der Waals surface area contributed by atoms with Gasteiger partial charge in [0.25, 0.3) is 0 Å². The quantitative estimate of drug-likeness (QED) is 0.551. The monoisotopic (exact) mass is 231 g/mol. The Bertz CT molecular complexity index is 354. The molecule has 0 spiro atoms. The van der Waals surface area contributed by atoms with Gasteiger partial charge in [-0.1, -0.05) is 25.0 Å². The van der Waals surface area contributed by atoms with Gasteiger partial charge in [0.15, 0.2) is 0 Å². The normalized spacial score (nSPS) is 9.88. The zero-order chi connectivity index (χ0) is 12.3. The minimum atomic E-state index is 0.559. The van der Waals surface area contributed by atoms with Crippen LogP contribution in [-0.2, 0) is 6.54 Å². The van der Waals surface area contributed by atoms with Gasteiger partial charge in [-0.3, -0.25) is 0 Å². The number of unbranched alkanes of at least 4 members (excludes halogenated alkanes) is 4. The van der Waals surface area contributed by atoms with Crippen molar-refractivity contribution >= 4 is 0 Å². The van der Waals surface area contributed by atoms with Crippen molar-refractivity contribution in [1.29, 1.82) is 0 Å². The summed E-state index contributed by atoms with van der Waals surface area (Å²) in [7, 11) is 0. The fourth-order valence-corrected chi connectivity index (χ4v) is 1.63. The van der Waals surface area contributed by atoms with Crippen LogP contribution in [-0.4, -0.2) is 6.61 Å². The number of terminal acetylenes is 1. The Labute approximate surface area is 104 Å². The highest BCUT2D eigenvalue weighted by molar-refractivity contribution is 5.28. The summed E-state index contributed by atoms with van der Waals surface area (Å²) >= 11 is 0. The summed E-state index contributed by atoms with van der Waals surface area (Å²) in [4.78, 5) is 0. The van der Waals surface area contributed by atoms with Crippen LogP contribution < -0.4 is 10.5 Å². The lowest BCUT2D eigenvalue weighted by Gasteiger charge is -2.07. The second-order valence-corrected chi connectivity index (χ2v) is 4.07. The van der Waals surface area contributed by atoms with Gasteiger partial charge < -0.3 is 10.5 Å². The molecule has 1 rings (SSSR count). The van der Waals surface area contributed by atoms with Crippen molar-refractivity contribution in [3.63, 3.8) is 0 Å². The lowest BCUT2D eigenvalue weighted by atomic mass is 10.1. The SMILES string of the molecule is C#CCCCCCCOc1cccc(CN)c1. The molecule has 0 amide bonds. The van der Waals surface area contributed by atoms with Crippen LogP contribution in [0.15, 0.2) is 24.3 Å². The van der Waals surface area contributed by atoms with Crippen LogP contribution in [0, 0.1) is 12.3 Å². The molecule has 0 bridgehead atoms. The van der Waals surface area contributed by atoms with Gasteiger partial charge >= 0.3 is 0 Å². The number of rotatable bonds is 8. The smallest absolute Gasteiger partial charge is 0.119 e. The standard InChI is InChI=1S/C15H21NO/c1-2-3-4-5-6-7-11-17-15-10-8-9-14(12-15)13-16/h1,8-10,12H,3-7,11,13,16H2. The molecule has 0 heterocycles. The highest BCUT2D eigenvalue weighted by Gasteiger charge is 1.95. The molecule has 0 unspecified atom stereocenters. The number of nitrogens with two attached hydrogens (primary N) is 1. The van der Waals surface area contributed by atoms with E-state index in [0.717, 1.165) is 37.2 Å². The maximum atomic E-state index is 5.66. The Morgan fingerprint density at radius 1 is 1.18 bits per heavy atom. The Kier molecular flexibility index (Phi) is 6.93. The summed E-state index contributed by atoms with van der Waals surface area (Å²) in [5.41, 5.74) is 6.68. The van der Waals surface area contributed by atoms with Crippen molar-refractivity contribution in [2.75, 3.05) is 6.61 Å². The van der Waals surface area contributed by atoms with E-state index in [1.807, 2.05) is 24.3 Å². The van der Waals surface area contributed by atoms with E-state index < -0.39 is 0 Å². The van der Waals surface area contributed by atoms with Crippen molar-refractivity contribution in [2.45, 2.75) is 38.6 Å². The zero-order valence-corrected chi connectivity index (χ0v) is 10.3. The van der Waals surface area contributed by atoms with Crippen LogP contribution in [0.2, 0.25) is 0 Å². The first-order valence-corrected chi connectivity index (χ1v) is 6.22. The Morgan fingerprint density at radius 3 is 2.76 bits per heavy atom. The van der Waals surface area contributed by atoms with Crippen LogP contribution in [0.5, 0.6) is 5.75 Å². The van der Waals surface area contributed by atoms with Gasteiger partial charge in [0.2, 0.25) is 0 Å². The van der Waals surface area contributed by atoms with Gasteiger partial charge in [-0.05, 0) is 30.5 Å². The van der Waals surface area contributed by atoms with Gasteiger partial charge in [0, 0.05) is 13.0 Å². The molecule has 0 saturated carbocycles. The second-order valence-electron chi connectivity index (χ2n) is 4.07. The van der Waals surface area contributed by atoms with Gasteiger partial charge in [0.1, 0.15) is 5.75 Å². The molecule has 0 radical (unpaired) electrons. The molecular formula is C15H21NO. The molecule has 0 saturated heterocycles. The van der Waals surface area contributed by atoms with Crippen molar-refractivity contribution in [2.24, 2.45) is 5.73 Å².